The van der Waals surface area contributed by atoms with Crippen molar-refractivity contribution in [1.29, 1.82) is 0 Å². The predicted octanol–water partition coefficient (Wildman–Crippen LogP) is 3.07. The van der Waals surface area contributed by atoms with Crippen molar-refractivity contribution in [2.24, 2.45) is 11.7 Å². The zero-order valence-corrected chi connectivity index (χ0v) is 11.6. The van der Waals surface area contributed by atoms with Crippen LogP contribution in [-0.4, -0.2) is 16.7 Å². The minimum absolute atomic E-state index is 0.0364. The van der Waals surface area contributed by atoms with Gasteiger partial charge in [-0.05, 0) is 37.4 Å². The Morgan fingerprint density at radius 3 is 2.48 bits per heavy atom. The van der Waals surface area contributed by atoms with Gasteiger partial charge in [0.15, 0.2) is 17.5 Å². The van der Waals surface area contributed by atoms with Gasteiger partial charge in [0.2, 0.25) is 11.7 Å². The number of hydrogen-bond acceptors (Lipinski definition) is 4. The number of aromatic nitrogens is 2. The van der Waals surface area contributed by atoms with Gasteiger partial charge in [-0.15, -0.1) is 0 Å². The van der Waals surface area contributed by atoms with E-state index in [0.29, 0.717) is 24.8 Å². The number of hydrogen-bond donors (Lipinski definition) is 1. The molecule has 0 saturated heterocycles. The number of nitrogens with two attached hydrogens (primary N) is 1. The lowest BCUT2D eigenvalue weighted by atomic mass is 10.0. The average Bonchev–Trinajstić information content (AvgIpc) is 2.91. The molecule has 0 bridgehead atoms. The Hall–Kier alpha value is -1.89. The van der Waals surface area contributed by atoms with Crippen molar-refractivity contribution in [3.05, 3.63) is 35.5 Å². The normalized spacial score (nSPS) is 12.6. The second kappa shape index (κ2) is 6.71. The summed E-state index contributed by atoms with van der Waals surface area (Å²) in [6.45, 7) is 2.68. The summed E-state index contributed by atoms with van der Waals surface area (Å²) in [6.07, 6.45) is 2.28. The van der Waals surface area contributed by atoms with Crippen LogP contribution in [-0.2, 0) is 6.42 Å². The molecule has 0 aliphatic carbocycles. The Morgan fingerprint density at radius 2 is 1.86 bits per heavy atom. The monoisotopic (exact) mass is 299 g/mol. The molecule has 0 amide bonds. The number of benzene rings is 1. The van der Waals surface area contributed by atoms with Crippen molar-refractivity contribution in [3.63, 3.8) is 0 Å². The van der Waals surface area contributed by atoms with E-state index in [4.69, 9.17) is 10.3 Å². The van der Waals surface area contributed by atoms with Crippen LogP contribution in [0.2, 0.25) is 0 Å². The van der Waals surface area contributed by atoms with Gasteiger partial charge in [0.05, 0.1) is 0 Å². The molecule has 1 aromatic carbocycles. The van der Waals surface area contributed by atoms with Crippen LogP contribution in [0.5, 0.6) is 0 Å². The maximum atomic E-state index is 13.2. The smallest absolute Gasteiger partial charge is 0.226 e. The Kier molecular flexibility index (Phi) is 4.95. The molecule has 0 spiro atoms. The van der Waals surface area contributed by atoms with Crippen molar-refractivity contribution in [3.8, 4) is 11.4 Å². The van der Waals surface area contributed by atoms with Crippen LogP contribution in [0.4, 0.5) is 13.2 Å². The van der Waals surface area contributed by atoms with E-state index in [1.165, 1.54) is 0 Å². The SMILES string of the molecule is CC(CCN)CCc1nc(-c2cc(F)c(F)c(F)c2)no1. The Balaban J connectivity index is 2.09. The molecule has 4 nitrogen and oxygen atoms in total. The van der Waals surface area contributed by atoms with E-state index in [9.17, 15) is 13.2 Å². The molecule has 0 saturated carbocycles. The minimum atomic E-state index is -1.52. The van der Waals surface area contributed by atoms with Crippen LogP contribution in [0, 0.1) is 23.4 Å². The summed E-state index contributed by atoms with van der Waals surface area (Å²) in [5.41, 5.74) is 5.50. The Labute approximate surface area is 120 Å². The van der Waals surface area contributed by atoms with Gasteiger partial charge in [-0.2, -0.15) is 4.98 Å². The van der Waals surface area contributed by atoms with Gasteiger partial charge >= 0.3 is 0 Å². The van der Waals surface area contributed by atoms with Crippen LogP contribution in [0.1, 0.15) is 25.7 Å². The van der Waals surface area contributed by atoms with Gasteiger partial charge in [0.1, 0.15) is 0 Å². The molecule has 0 aliphatic rings. The van der Waals surface area contributed by atoms with E-state index in [0.717, 1.165) is 25.0 Å². The number of rotatable bonds is 6. The van der Waals surface area contributed by atoms with Gasteiger partial charge < -0.3 is 10.3 Å². The van der Waals surface area contributed by atoms with Crippen molar-refractivity contribution >= 4 is 0 Å². The molecule has 114 valence electrons. The summed E-state index contributed by atoms with van der Waals surface area (Å²) >= 11 is 0. The Bertz CT molecular complexity index is 592. The summed E-state index contributed by atoms with van der Waals surface area (Å²) in [7, 11) is 0. The van der Waals surface area contributed by atoms with E-state index >= 15 is 0 Å². The summed E-state index contributed by atoms with van der Waals surface area (Å²) in [6, 6.07) is 1.67. The topological polar surface area (TPSA) is 64.9 Å². The van der Waals surface area contributed by atoms with Crippen LogP contribution >= 0.6 is 0 Å². The summed E-state index contributed by atoms with van der Waals surface area (Å²) in [5, 5.41) is 3.66. The second-order valence-electron chi connectivity index (χ2n) is 4.99. The molecule has 1 atom stereocenters. The highest BCUT2D eigenvalue weighted by molar-refractivity contribution is 5.54. The second-order valence-corrected chi connectivity index (χ2v) is 4.99. The van der Waals surface area contributed by atoms with Crippen molar-refractivity contribution in [1.82, 2.24) is 10.1 Å². The van der Waals surface area contributed by atoms with E-state index < -0.39 is 17.5 Å². The lowest BCUT2D eigenvalue weighted by Gasteiger charge is -2.06. The summed E-state index contributed by atoms with van der Waals surface area (Å²) in [5.74, 6) is -3.25. The molecule has 2 aromatic rings. The van der Waals surface area contributed by atoms with Crippen molar-refractivity contribution < 1.29 is 17.7 Å². The molecule has 0 fully saturated rings. The maximum Gasteiger partial charge on any atom is 0.226 e. The first kappa shape index (κ1) is 15.5. The van der Waals surface area contributed by atoms with Gasteiger partial charge in [-0.25, -0.2) is 13.2 Å². The fourth-order valence-electron chi connectivity index (χ4n) is 1.96. The first-order valence-electron chi connectivity index (χ1n) is 6.68. The summed E-state index contributed by atoms with van der Waals surface area (Å²) < 4.78 is 44.2. The van der Waals surface area contributed by atoms with Gasteiger partial charge in [-0.3, -0.25) is 0 Å². The molecule has 1 aromatic heterocycles. The minimum Gasteiger partial charge on any atom is -0.339 e. The lowest BCUT2D eigenvalue weighted by molar-refractivity contribution is 0.362. The zero-order valence-electron chi connectivity index (χ0n) is 11.6. The predicted molar refractivity (Wildman–Crippen MR) is 70.8 cm³/mol. The van der Waals surface area contributed by atoms with Crippen molar-refractivity contribution in [2.45, 2.75) is 26.2 Å². The highest BCUT2D eigenvalue weighted by Gasteiger charge is 2.15. The third kappa shape index (κ3) is 3.81. The fourth-order valence-corrected chi connectivity index (χ4v) is 1.96. The maximum absolute atomic E-state index is 13.2. The third-order valence-corrected chi connectivity index (χ3v) is 3.22. The van der Waals surface area contributed by atoms with Crippen LogP contribution in [0.25, 0.3) is 11.4 Å². The van der Waals surface area contributed by atoms with E-state index in [2.05, 4.69) is 17.1 Å². The molecule has 7 heteroatoms. The molecular formula is C14H16F3N3O. The molecule has 1 heterocycles. The molecule has 21 heavy (non-hydrogen) atoms. The third-order valence-electron chi connectivity index (χ3n) is 3.22. The molecule has 2 rings (SSSR count). The first-order valence-corrected chi connectivity index (χ1v) is 6.68. The molecule has 0 aliphatic heterocycles. The summed E-state index contributed by atoms with van der Waals surface area (Å²) in [4.78, 5) is 4.06. The van der Waals surface area contributed by atoms with Gasteiger partial charge in [-0.1, -0.05) is 12.1 Å². The highest BCUT2D eigenvalue weighted by Crippen LogP contribution is 2.22. The van der Waals surface area contributed by atoms with Crippen LogP contribution < -0.4 is 5.73 Å². The van der Waals surface area contributed by atoms with Crippen LogP contribution in [0.3, 0.4) is 0 Å². The number of halogens is 3. The molecule has 1 unspecified atom stereocenters. The van der Waals surface area contributed by atoms with Gasteiger partial charge in [0.25, 0.3) is 0 Å². The largest absolute Gasteiger partial charge is 0.339 e. The van der Waals surface area contributed by atoms with E-state index in [1.807, 2.05) is 0 Å². The quantitative estimate of drug-likeness (QED) is 0.833. The Morgan fingerprint density at radius 1 is 1.19 bits per heavy atom. The fraction of sp³-hybridized carbons (Fsp3) is 0.429. The van der Waals surface area contributed by atoms with E-state index in [1.54, 1.807) is 0 Å². The lowest BCUT2D eigenvalue weighted by Crippen LogP contribution is -2.06. The standard InChI is InChI=1S/C14H16F3N3O/c1-8(4-5-18)2-3-12-19-14(20-21-12)9-6-10(15)13(17)11(16)7-9/h6-8H,2-5,18H2,1H3. The zero-order chi connectivity index (χ0) is 15.4. The first-order chi connectivity index (χ1) is 10.0. The molecule has 2 N–H and O–H groups in total. The van der Waals surface area contributed by atoms with Gasteiger partial charge in [0, 0.05) is 12.0 Å². The number of nitrogens with zero attached hydrogens (tertiary/aromatic N) is 2. The van der Waals surface area contributed by atoms with Crippen molar-refractivity contribution in [2.75, 3.05) is 6.54 Å². The number of aryl methyl sites for hydroxylation is 1. The average molecular weight is 299 g/mol. The molecular weight excluding hydrogens is 283 g/mol. The highest BCUT2D eigenvalue weighted by atomic mass is 19.2. The van der Waals surface area contributed by atoms with E-state index in [-0.39, 0.29) is 11.4 Å². The van der Waals surface area contributed by atoms with Crippen LogP contribution in [0.15, 0.2) is 16.7 Å². The molecule has 0 radical (unpaired) electrons.